The summed E-state index contributed by atoms with van der Waals surface area (Å²) in [6.07, 6.45) is 0. The van der Waals surface area contributed by atoms with Gasteiger partial charge in [0.1, 0.15) is 0 Å². The van der Waals surface area contributed by atoms with E-state index in [1.54, 1.807) is 33.4 Å². The standard InChI is InChI=1S/C110H87BN4/c1-108(2,3)80-40-28-39-78(60-80)93-64-81(109(4,5)6)65-94(79-51-50-75-49-48-74-38-22-23-41-85(74)92(75)61-79)107(93)115-102-69-84(113-98-47-27-25-43-89(98)91-57-53-77(63-100(91)113)71-32-16-11-17-33-71)55-59-96(102)111-95-58-54-83(112-97-46-26-24-42-88(97)90-56-52-76(62-99(90)112)70-30-14-10-15-31-70)68-101(95)114(103-66-82(110(7,8)9)67-104(115)105(103)111)106-86(72-34-18-12-19-35-72)44-29-45-87(106)73-36-20-13-21-37-73/h10-69H,1-9H3/i24D,25D,26D,27D,42D,43D,46D,47D,52D,53D,56D,57D,62D,63D. The van der Waals surface area contributed by atoms with Gasteiger partial charge >= 0.3 is 0 Å². The zero-order valence-electron chi connectivity index (χ0n) is 79.4. The highest BCUT2D eigenvalue weighted by Crippen LogP contribution is 2.56. The summed E-state index contributed by atoms with van der Waals surface area (Å²) in [7, 11) is 0. The molecule has 2 aliphatic rings. The lowest BCUT2D eigenvalue weighted by Gasteiger charge is -2.46. The minimum absolute atomic E-state index is 0.00128. The van der Waals surface area contributed by atoms with Crippen molar-refractivity contribution >= 4 is 122 Å². The Bertz CT molecular complexity index is 7990. The molecule has 2 aromatic heterocycles. The highest BCUT2D eigenvalue weighted by Gasteiger charge is 2.47. The lowest BCUT2D eigenvalue weighted by atomic mass is 9.33. The first kappa shape index (κ1) is 55.9. The molecule has 0 unspecified atom stereocenters. The molecule has 17 aromatic carbocycles. The number of hydrogen-bond donors (Lipinski definition) is 0. The van der Waals surface area contributed by atoms with E-state index in [2.05, 4.69) is 242 Å². The fourth-order valence-electron chi connectivity index (χ4n) is 17.8. The molecular weight excluding hydrogens is 1390 g/mol. The number of rotatable bonds is 10. The van der Waals surface area contributed by atoms with Crippen LogP contribution < -0.4 is 26.2 Å². The van der Waals surface area contributed by atoms with Crippen molar-refractivity contribution in [2.24, 2.45) is 0 Å². The summed E-state index contributed by atoms with van der Waals surface area (Å²) in [6, 6.07) is 90.4. The Labute approximate surface area is 693 Å². The molecule has 0 saturated heterocycles. The Balaban J connectivity index is 0.981. The van der Waals surface area contributed by atoms with Gasteiger partial charge in [-0.05, 0) is 194 Å². The Morgan fingerprint density at radius 2 is 0.670 bits per heavy atom. The van der Waals surface area contributed by atoms with Gasteiger partial charge in [-0.15, -0.1) is 0 Å². The van der Waals surface area contributed by atoms with E-state index in [9.17, 15) is 19.2 Å². The zero-order valence-corrected chi connectivity index (χ0v) is 65.4. The van der Waals surface area contributed by atoms with Crippen LogP contribution in [0.25, 0.3) is 143 Å². The SMILES string of the molecule is [2H]c1c([2H])c([2H])c2c(c1[2H])c1c([2H])c([2H])c(-c3ccccc3)c([2H])c1n2-c1ccc2c(c1)N(c1c(-c3ccccc3)cccc1-c1ccccc1)c1cc(C(C)(C)C)cc3c1B2c1ccc(-n2c4c([2H])c([2H])c([2H])c([2H])c4c4c([2H])c([2H])c(-c5ccccc5)c([2H])c42)cc1N3c1c(-c2cccc(C(C)(C)C)c2)cc(C(C)(C)C)cc1-c1ccc2ccc3ccccc3c2c1. The summed E-state index contributed by atoms with van der Waals surface area (Å²) < 4.78 is 143. The summed E-state index contributed by atoms with van der Waals surface area (Å²) in [5.74, 6) is 0. The Morgan fingerprint density at radius 1 is 0.261 bits per heavy atom. The first-order chi connectivity index (χ1) is 61.8. The monoisotopic (exact) mass is 1490 g/mol. The van der Waals surface area contributed by atoms with Gasteiger partial charge < -0.3 is 18.9 Å². The van der Waals surface area contributed by atoms with Crippen LogP contribution in [-0.2, 0) is 16.2 Å². The number of nitrogens with zero attached hydrogens (tertiary/aromatic N) is 4. The summed E-state index contributed by atoms with van der Waals surface area (Å²) in [6.45, 7) is 19.4. The number of hydrogen-bond acceptors (Lipinski definition) is 2. The molecule has 0 aliphatic carbocycles. The molecule has 0 radical (unpaired) electrons. The van der Waals surface area contributed by atoms with Crippen molar-refractivity contribution in [2.45, 2.75) is 78.6 Å². The summed E-state index contributed by atoms with van der Waals surface area (Å²) in [5, 5.41) is 4.36. The van der Waals surface area contributed by atoms with Gasteiger partial charge in [0.25, 0.3) is 6.71 Å². The van der Waals surface area contributed by atoms with Crippen molar-refractivity contribution < 1.29 is 19.2 Å². The van der Waals surface area contributed by atoms with Crippen molar-refractivity contribution in [1.82, 2.24) is 9.13 Å². The molecule has 4 nitrogen and oxygen atoms in total. The van der Waals surface area contributed by atoms with E-state index in [4.69, 9.17) is 0 Å². The van der Waals surface area contributed by atoms with Gasteiger partial charge in [0.05, 0.1) is 52.6 Å². The van der Waals surface area contributed by atoms with Crippen molar-refractivity contribution in [3.8, 4) is 78.1 Å². The highest BCUT2D eigenvalue weighted by atomic mass is 15.2. The van der Waals surface area contributed by atoms with E-state index in [1.165, 1.54) is 0 Å². The lowest BCUT2D eigenvalue weighted by Crippen LogP contribution is -2.61. The molecular formula is C110H87BN4. The second-order valence-electron chi connectivity index (χ2n) is 33.7. The highest BCUT2D eigenvalue weighted by molar-refractivity contribution is 7.00. The third-order valence-electron chi connectivity index (χ3n) is 23.6. The maximum atomic E-state index is 10.7. The fourth-order valence-corrected chi connectivity index (χ4v) is 17.8. The van der Waals surface area contributed by atoms with Gasteiger partial charge in [-0.1, -0.05) is 347 Å². The van der Waals surface area contributed by atoms with Gasteiger partial charge in [0, 0.05) is 77.9 Å². The fraction of sp³-hybridized carbons (Fsp3) is 0.109. The van der Waals surface area contributed by atoms with Gasteiger partial charge in [-0.3, -0.25) is 0 Å². The third kappa shape index (κ3) is 11.5. The number of benzene rings is 17. The molecule has 5 heteroatoms. The lowest BCUT2D eigenvalue weighted by molar-refractivity contribution is 0.589. The predicted molar refractivity (Wildman–Crippen MR) is 493 cm³/mol. The molecule has 2 aliphatic heterocycles. The van der Waals surface area contributed by atoms with Gasteiger partial charge in [0.15, 0.2) is 0 Å². The molecule has 21 rings (SSSR count). The molecule has 550 valence electrons. The molecule has 0 saturated carbocycles. The van der Waals surface area contributed by atoms with Crippen molar-refractivity contribution in [3.63, 3.8) is 0 Å². The Hall–Kier alpha value is -13.5. The predicted octanol–water partition coefficient (Wildman–Crippen LogP) is 28.2. The topological polar surface area (TPSA) is 16.3 Å². The molecule has 4 heterocycles. The summed E-state index contributed by atoms with van der Waals surface area (Å²) in [5.41, 5.74) is 18.3. The Kier molecular flexibility index (Phi) is 12.9. The molecule has 0 spiro atoms. The third-order valence-corrected chi connectivity index (χ3v) is 23.6. The van der Waals surface area contributed by atoms with Crippen LogP contribution in [0.4, 0.5) is 34.1 Å². The van der Waals surface area contributed by atoms with Crippen LogP contribution in [-0.4, -0.2) is 15.8 Å². The van der Waals surface area contributed by atoms with Gasteiger partial charge in [-0.25, -0.2) is 0 Å². The maximum absolute atomic E-state index is 10.7. The minimum Gasteiger partial charge on any atom is -0.310 e. The minimum atomic E-state index is -0.749. The second kappa shape index (κ2) is 26.6. The molecule has 0 bridgehead atoms. The Morgan fingerprint density at radius 3 is 1.17 bits per heavy atom. The second-order valence-corrected chi connectivity index (χ2v) is 33.7. The van der Waals surface area contributed by atoms with E-state index in [-0.39, 0.29) is 96.4 Å². The largest absolute Gasteiger partial charge is 0.310 e. The van der Waals surface area contributed by atoms with E-state index >= 15 is 0 Å². The molecule has 0 fully saturated rings. The number of aromatic nitrogens is 2. The zero-order chi connectivity index (χ0) is 89.9. The average Bonchev–Trinajstić information content (AvgIpc) is 1.41. The summed E-state index contributed by atoms with van der Waals surface area (Å²) >= 11 is 0. The normalized spacial score (nSPS) is 14.6. The van der Waals surface area contributed by atoms with Crippen LogP contribution in [0.5, 0.6) is 0 Å². The van der Waals surface area contributed by atoms with Crippen LogP contribution in [0.2, 0.25) is 0 Å². The maximum Gasteiger partial charge on any atom is 0.252 e. The van der Waals surface area contributed by atoms with E-state index < -0.39 is 65.9 Å². The first-order valence-corrected chi connectivity index (χ1v) is 39.5. The number of fused-ring (bicyclic) bond motifs is 13. The average molecular weight is 1490 g/mol. The molecule has 0 atom stereocenters. The molecule has 115 heavy (non-hydrogen) atoms. The number of anilines is 6. The first-order valence-electron chi connectivity index (χ1n) is 46.5. The van der Waals surface area contributed by atoms with Crippen molar-refractivity contribution in [1.29, 1.82) is 0 Å². The number of para-hydroxylation sites is 3. The van der Waals surface area contributed by atoms with E-state index in [0.29, 0.717) is 33.9 Å². The van der Waals surface area contributed by atoms with Gasteiger partial charge in [-0.2, -0.15) is 0 Å². The van der Waals surface area contributed by atoms with Crippen LogP contribution >= 0.6 is 0 Å². The van der Waals surface area contributed by atoms with Crippen LogP contribution in [0.15, 0.2) is 364 Å². The van der Waals surface area contributed by atoms with Crippen LogP contribution in [0.3, 0.4) is 0 Å². The van der Waals surface area contributed by atoms with Crippen molar-refractivity contribution in [3.05, 3.63) is 380 Å². The molecule has 19 aromatic rings. The smallest absolute Gasteiger partial charge is 0.252 e. The quantitative estimate of drug-likeness (QED) is 0.100. The van der Waals surface area contributed by atoms with Crippen molar-refractivity contribution in [2.75, 3.05) is 9.80 Å². The van der Waals surface area contributed by atoms with Gasteiger partial charge in [0.2, 0.25) is 0 Å². The molecule has 0 N–H and O–H groups in total. The van der Waals surface area contributed by atoms with Crippen LogP contribution in [0, 0.1) is 0 Å². The van der Waals surface area contributed by atoms with Crippen LogP contribution in [0.1, 0.15) is 98.2 Å². The van der Waals surface area contributed by atoms with E-state index in [0.717, 1.165) is 122 Å². The molecule has 0 amide bonds. The summed E-state index contributed by atoms with van der Waals surface area (Å²) in [4.78, 5) is 4.83. The van der Waals surface area contributed by atoms with E-state index in [1.807, 2.05) is 84.9 Å².